The van der Waals surface area contributed by atoms with Crippen molar-refractivity contribution in [1.29, 1.82) is 0 Å². The number of nitrogens with zero attached hydrogens (tertiary/aromatic N) is 3. The van der Waals surface area contributed by atoms with Crippen LogP contribution in [-0.2, 0) is 13.0 Å². The Kier molecular flexibility index (Phi) is 4.21. The summed E-state index contributed by atoms with van der Waals surface area (Å²) in [5.74, 6) is 0.926. The highest BCUT2D eigenvalue weighted by molar-refractivity contribution is 5.54. The molecule has 24 heavy (non-hydrogen) atoms. The van der Waals surface area contributed by atoms with Crippen LogP contribution in [-0.4, -0.2) is 32.9 Å². The van der Waals surface area contributed by atoms with Crippen molar-refractivity contribution in [1.82, 2.24) is 19.9 Å². The number of aromatic nitrogens is 3. The van der Waals surface area contributed by atoms with Crippen LogP contribution in [0.3, 0.4) is 0 Å². The third kappa shape index (κ3) is 3.29. The molecule has 2 aromatic heterocycles. The van der Waals surface area contributed by atoms with E-state index in [0.717, 1.165) is 37.4 Å². The average Bonchev–Trinajstić information content (AvgIpc) is 3.07. The molecule has 3 aromatic rings. The van der Waals surface area contributed by atoms with Crippen molar-refractivity contribution in [3.8, 4) is 11.4 Å². The number of benzene rings is 1. The van der Waals surface area contributed by atoms with Gasteiger partial charge in [0.05, 0.1) is 11.4 Å². The van der Waals surface area contributed by atoms with Gasteiger partial charge in [-0.25, -0.2) is 4.98 Å². The lowest BCUT2D eigenvalue weighted by atomic mass is 10.1. The van der Waals surface area contributed by atoms with Gasteiger partial charge in [-0.05, 0) is 17.7 Å². The summed E-state index contributed by atoms with van der Waals surface area (Å²) in [5.41, 5.74) is 4.71. The first kappa shape index (κ1) is 14.8. The van der Waals surface area contributed by atoms with Crippen LogP contribution in [0.15, 0.2) is 60.9 Å². The summed E-state index contributed by atoms with van der Waals surface area (Å²) in [5, 5.41) is 0. The third-order valence-electron chi connectivity index (χ3n) is 4.32. The van der Waals surface area contributed by atoms with E-state index in [9.17, 15) is 0 Å². The van der Waals surface area contributed by atoms with E-state index in [4.69, 9.17) is 4.98 Å². The molecule has 4 rings (SSSR count). The zero-order valence-corrected chi connectivity index (χ0v) is 13.5. The number of aromatic amines is 1. The second-order valence-electron chi connectivity index (χ2n) is 6.05. The van der Waals surface area contributed by atoms with Crippen molar-refractivity contribution in [3.63, 3.8) is 0 Å². The average molecular weight is 316 g/mol. The van der Waals surface area contributed by atoms with Crippen LogP contribution in [0.2, 0.25) is 0 Å². The lowest BCUT2D eigenvalue weighted by molar-refractivity contribution is 0.277. The maximum Gasteiger partial charge on any atom is 0.139 e. The van der Waals surface area contributed by atoms with Gasteiger partial charge in [-0.15, -0.1) is 0 Å². The van der Waals surface area contributed by atoms with Crippen LogP contribution in [0.5, 0.6) is 0 Å². The molecule has 0 fully saturated rings. The standard InChI is InChI=1S/C20H20N4/c1-2-6-16(7-3-1)8-5-12-24-13-10-18-19(15-24)23-20(22-18)17-9-4-11-21-14-17/h1-9,11,14H,10,12-13,15H2,(H,22,23)/b8-5+. The van der Waals surface area contributed by atoms with Crippen molar-refractivity contribution >= 4 is 6.08 Å². The number of imidazole rings is 1. The molecule has 3 heterocycles. The first-order chi connectivity index (χ1) is 11.9. The molecule has 1 N–H and O–H groups in total. The number of hydrogen-bond donors (Lipinski definition) is 1. The van der Waals surface area contributed by atoms with Crippen LogP contribution in [0.25, 0.3) is 17.5 Å². The largest absolute Gasteiger partial charge is 0.340 e. The Hall–Kier alpha value is -2.72. The number of pyridine rings is 1. The molecular formula is C20H20N4. The number of fused-ring (bicyclic) bond motifs is 1. The molecule has 0 aliphatic carbocycles. The van der Waals surface area contributed by atoms with Crippen molar-refractivity contribution in [3.05, 3.63) is 77.9 Å². The van der Waals surface area contributed by atoms with Gasteiger partial charge in [0, 0.05) is 44.0 Å². The molecule has 0 bridgehead atoms. The van der Waals surface area contributed by atoms with Gasteiger partial charge in [0.25, 0.3) is 0 Å². The van der Waals surface area contributed by atoms with Gasteiger partial charge in [-0.3, -0.25) is 9.88 Å². The Morgan fingerprint density at radius 3 is 2.88 bits per heavy atom. The van der Waals surface area contributed by atoms with Gasteiger partial charge < -0.3 is 4.98 Å². The maximum atomic E-state index is 4.74. The molecule has 0 radical (unpaired) electrons. The van der Waals surface area contributed by atoms with Crippen LogP contribution in [0.1, 0.15) is 17.0 Å². The normalized spacial score (nSPS) is 14.8. The minimum atomic E-state index is 0.918. The summed E-state index contributed by atoms with van der Waals surface area (Å²) >= 11 is 0. The quantitative estimate of drug-likeness (QED) is 0.800. The van der Waals surface area contributed by atoms with Crippen LogP contribution < -0.4 is 0 Å². The molecule has 4 heteroatoms. The molecule has 1 aromatic carbocycles. The van der Waals surface area contributed by atoms with E-state index in [1.807, 2.05) is 24.4 Å². The third-order valence-corrected chi connectivity index (χ3v) is 4.32. The molecule has 0 atom stereocenters. The molecule has 1 aliphatic heterocycles. The summed E-state index contributed by atoms with van der Waals surface area (Å²) in [6.45, 7) is 2.92. The summed E-state index contributed by atoms with van der Waals surface area (Å²) in [6.07, 6.45) is 9.05. The fourth-order valence-corrected chi connectivity index (χ4v) is 3.05. The fourth-order valence-electron chi connectivity index (χ4n) is 3.05. The predicted octanol–water partition coefficient (Wildman–Crippen LogP) is 3.54. The summed E-state index contributed by atoms with van der Waals surface area (Å²) in [7, 11) is 0. The van der Waals surface area contributed by atoms with E-state index < -0.39 is 0 Å². The highest BCUT2D eigenvalue weighted by atomic mass is 15.1. The minimum Gasteiger partial charge on any atom is -0.340 e. The molecule has 0 saturated carbocycles. The highest BCUT2D eigenvalue weighted by Gasteiger charge is 2.19. The molecule has 0 unspecified atom stereocenters. The van der Waals surface area contributed by atoms with E-state index in [1.165, 1.54) is 17.0 Å². The Labute approximate surface area is 141 Å². The summed E-state index contributed by atoms with van der Waals surface area (Å²) in [4.78, 5) is 14.8. The summed E-state index contributed by atoms with van der Waals surface area (Å²) in [6, 6.07) is 14.4. The molecule has 0 saturated heterocycles. The second kappa shape index (κ2) is 6.81. The van der Waals surface area contributed by atoms with Crippen molar-refractivity contribution < 1.29 is 0 Å². The number of hydrogen-bond acceptors (Lipinski definition) is 3. The second-order valence-corrected chi connectivity index (χ2v) is 6.05. The van der Waals surface area contributed by atoms with Gasteiger partial charge in [0.15, 0.2) is 0 Å². The Bertz CT molecular complexity index is 821. The lowest BCUT2D eigenvalue weighted by Gasteiger charge is -2.24. The molecule has 4 nitrogen and oxygen atoms in total. The Morgan fingerprint density at radius 2 is 2.04 bits per heavy atom. The van der Waals surface area contributed by atoms with E-state index in [1.54, 1.807) is 6.20 Å². The van der Waals surface area contributed by atoms with Gasteiger partial charge in [0.1, 0.15) is 5.82 Å². The van der Waals surface area contributed by atoms with Gasteiger partial charge in [-0.2, -0.15) is 0 Å². The van der Waals surface area contributed by atoms with Crippen LogP contribution >= 0.6 is 0 Å². The minimum absolute atomic E-state index is 0.918. The first-order valence-electron chi connectivity index (χ1n) is 8.30. The fraction of sp³-hybridized carbons (Fsp3) is 0.200. The summed E-state index contributed by atoms with van der Waals surface area (Å²) < 4.78 is 0. The molecular weight excluding hydrogens is 296 g/mol. The van der Waals surface area contributed by atoms with E-state index in [-0.39, 0.29) is 0 Å². The smallest absolute Gasteiger partial charge is 0.139 e. The maximum absolute atomic E-state index is 4.74. The molecule has 1 aliphatic rings. The zero-order chi connectivity index (χ0) is 16.2. The Balaban J connectivity index is 1.42. The molecule has 0 spiro atoms. The molecule has 120 valence electrons. The Morgan fingerprint density at radius 1 is 1.12 bits per heavy atom. The van der Waals surface area contributed by atoms with Crippen molar-refractivity contribution in [2.24, 2.45) is 0 Å². The van der Waals surface area contributed by atoms with Crippen molar-refractivity contribution in [2.75, 3.05) is 13.1 Å². The van der Waals surface area contributed by atoms with Gasteiger partial charge in [0.2, 0.25) is 0 Å². The van der Waals surface area contributed by atoms with Gasteiger partial charge in [-0.1, -0.05) is 42.5 Å². The van der Waals surface area contributed by atoms with Crippen LogP contribution in [0, 0.1) is 0 Å². The number of nitrogens with one attached hydrogen (secondary N) is 1. The van der Waals surface area contributed by atoms with Gasteiger partial charge >= 0.3 is 0 Å². The first-order valence-corrected chi connectivity index (χ1v) is 8.30. The number of rotatable bonds is 4. The van der Waals surface area contributed by atoms with E-state index in [2.05, 4.69) is 51.3 Å². The zero-order valence-electron chi connectivity index (χ0n) is 13.5. The topological polar surface area (TPSA) is 44.8 Å². The van der Waals surface area contributed by atoms with Crippen molar-refractivity contribution in [2.45, 2.75) is 13.0 Å². The van der Waals surface area contributed by atoms with E-state index in [0.29, 0.717) is 0 Å². The monoisotopic (exact) mass is 316 g/mol. The predicted molar refractivity (Wildman–Crippen MR) is 96.3 cm³/mol. The highest BCUT2D eigenvalue weighted by Crippen LogP contribution is 2.22. The SMILES string of the molecule is C(=C\c1ccccc1)/CN1CCc2nc(-c3cccnc3)[nH]c2C1. The van der Waals surface area contributed by atoms with Crippen LogP contribution in [0.4, 0.5) is 0 Å². The molecule has 0 amide bonds. The van der Waals surface area contributed by atoms with E-state index >= 15 is 0 Å². The number of H-pyrrole nitrogens is 1. The lowest BCUT2D eigenvalue weighted by Crippen LogP contribution is -2.30.